The minimum absolute atomic E-state index is 0. The van der Waals surface area contributed by atoms with Crippen LogP contribution in [0.5, 0.6) is 0 Å². The molecular weight excluding hydrogens is 240 g/mol. The average molecular weight is 258 g/mol. The van der Waals surface area contributed by atoms with Gasteiger partial charge in [-0.25, -0.2) is 0 Å². The van der Waals surface area contributed by atoms with Crippen molar-refractivity contribution in [1.29, 1.82) is 0 Å². The van der Waals surface area contributed by atoms with E-state index < -0.39 is 10.8 Å². The Balaban J connectivity index is 0.00000108. The molecule has 4 saturated carbocycles. The summed E-state index contributed by atoms with van der Waals surface area (Å²) >= 11 is 0. The van der Waals surface area contributed by atoms with Gasteiger partial charge in [-0.2, -0.15) is 0 Å². The monoisotopic (exact) mass is 257 g/mol. The second kappa shape index (κ2) is 3.61. The van der Waals surface area contributed by atoms with Gasteiger partial charge in [0, 0.05) is 0 Å². The van der Waals surface area contributed by atoms with E-state index in [1.54, 1.807) is 0 Å². The standard InChI is InChI=1S/C12H17N2O2.ClH/c13-9(15)11-2-7-1-8(4-11)5-12(3-7,6-11)10(14)16;/h2,7-8H,1,3-6H2,(H2,13,15)(H2,14,16);1H. The van der Waals surface area contributed by atoms with Crippen LogP contribution in [-0.2, 0) is 9.59 Å². The molecule has 4 N–H and O–H groups in total. The highest BCUT2D eigenvalue weighted by Crippen LogP contribution is 2.64. The van der Waals surface area contributed by atoms with E-state index in [-0.39, 0.29) is 24.2 Å². The first kappa shape index (κ1) is 12.7. The molecule has 0 aromatic rings. The molecule has 5 heteroatoms. The predicted octanol–water partition coefficient (Wildman–Crippen LogP) is 0.780. The quantitative estimate of drug-likeness (QED) is 0.766. The molecule has 95 valence electrons. The van der Waals surface area contributed by atoms with Crippen LogP contribution in [0.15, 0.2) is 0 Å². The Morgan fingerprint density at radius 3 is 2.35 bits per heavy atom. The van der Waals surface area contributed by atoms with E-state index in [4.69, 9.17) is 11.5 Å². The summed E-state index contributed by atoms with van der Waals surface area (Å²) in [5.41, 5.74) is 10.1. The third-order valence-electron chi connectivity index (χ3n) is 4.84. The summed E-state index contributed by atoms with van der Waals surface area (Å²) in [7, 11) is 0. The third-order valence-corrected chi connectivity index (χ3v) is 4.84. The van der Waals surface area contributed by atoms with Crippen molar-refractivity contribution in [2.24, 2.45) is 34.1 Å². The van der Waals surface area contributed by atoms with E-state index in [0.717, 1.165) is 25.7 Å². The van der Waals surface area contributed by atoms with E-state index >= 15 is 0 Å². The Hall–Kier alpha value is -0.770. The van der Waals surface area contributed by atoms with Crippen molar-refractivity contribution < 1.29 is 9.59 Å². The molecule has 4 nitrogen and oxygen atoms in total. The van der Waals surface area contributed by atoms with Gasteiger partial charge in [0.25, 0.3) is 0 Å². The van der Waals surface area contributed by atoms with Crippen LogP contribution in [0.4, 0.5) is 0 Å². The molecule has 4 fully saturated rings. The molecule has 4 aliphatic carbocycles. The largest absolute Gasteiger partial charge is 0.369 e. The molecule has 4 rings (SSSR count). The fourth-order valence-corrected chi connectivity index (χ4v) is 4.49. The number of hydrogen-bond acceptors (Lipinski definition) is 2. The molecule has 17 heavy (non-hydrogen) atoms. The maximum atomic E-state index is 11.7. The lowest BCUT2D eigenvalue weighted by molar-refractivity contribution is -0.153. The van der Waals surface area contributed by atoms with Gasteiger partial charge in [0.15, 0.2) is 0 Å². The average Bonchev–Trinajstić information content (AvgIpc) is 2.14. The van der Waals surface area contributed by atoms with Crippen LogP contribution in [0, 0.1) is 29.1 Å². The number of carbonyl (C=O) groups is 2. The first-order chi connectivity index (χ1) is 7.46. The highest BCUT2D eigenvalue weighted by molar-refractivity contribution is 5.87. The topological polar surface area (TPSA) is 86.2 Å². The van der Waals surface area contributed by atoms with Gasteiger partial charge in [0.1, 0.15) is 0 Å². The van der Waals surface area contributed by atoms with E-state index in [0.29, 0.717) is 18.3 Å². The zero-order valence-electron chi connectivity index (χ0n) is 9.65. The number of primary amides is 2. The summed E-state index contributed by atoms with van der Waals surface area (Å²) in [5, 5.41) is 0. The van der Waals surface area contributed by atoms with Crippen LogP contribution in [0.25, 0.3) is 0 Å². The number of rotatable bonds is 2. The summed E-state index contributed by atoms with van der Waals surface area (Å²) in [6, 6.07) is 0. The highest BCUT2D eigenvalue weighted by atomic mass is 35.5. The summed E-state index contributed by atoms with van der Waals surface area (Å²) < 4.78 is 0. The molecule has 2 amide bonds. The predicted molar refractivity (Wildman–Crippen MR) is 64.9 cm³/mol. The number of nitrogens with two attached hydrogens (primary N) is 2. The summed E-state index contributed by atoms with van der Waals surface area (Å²) in [6.07, 6.45) is 6.28. The van der Waals surface area contributed by atoms with Crippen LogP contribution in [0.3, 0.4) is 0 Å². The second-order valence-corrected chi connectivity index (χ2v) is 5.98. The Morgan fingerprint density at radius 2 is 1.82 bits per heavy atom. The van der Waals surface area contributed by atoms with Crippen molar-refractivity contribution in [3.05, 3.63) is 6.42 Å². The van der Waals surface area contributed by atoms with Crippen molar-refractivity contribution in [1.82, 2.24) is 0 Å². The summed E-state index contributed by atoms with van der Waals surface area (Å²) in [5.74, 6) is 0.312. The molecule has 0 spiro atoms. The van der Waals surface area contributed by atoms with Gasteiger partial charge >= 0.3 is 0 Å². The zero-order valence-corrected chi connectivity index (χ0v) is 10.5. The first-order valence-corrected chi connectivity index (χ1v) is 5.92. The first-order valence-electron chi connectivity index (χ1n) is 5.92. The second-order valence-electron chi connectivity index (χ2n) is 5.98. The molecule has 4 aliphatic rings. The van der Waals surface area contributed by atoms with Crippen LogP contribution in [0.1, 0.15) is 32.1 Å². The number of halogens is 1. The minimum atomic E-state index is -0.543. The Labute approximate surface area is 107 Å². The number of carbonyl (C=O) groups excluding carboxylic acids is 2. The third kappa shape index (κ3) is 1.57. The smallest absolute Gasteiger partial charge is 0.223 e. The molecule has 4 bridgehead atoms. The zero-order chi connectivity index (χ0) is 11.6. The lowest BCUT2D eigenvalue weighted by Gasteiger charge is -2.59. The highest BCUT2D eigenvalue weighted by Gasteiger charge is 2.62. The summed E-state index contributed by atoms with van der Waals surface area (Å²) in [4.78, 5) is 23.3. The van der Waals surface area contributed by atoms with Crippen LogP contribution in [-0.4, -0.2) is 11.8 Å². The molecule has 0 saturated heterocycles. The Morgan fingerprint density at radius 1 is 1.12 bits per heavy atom. The van der Waals surface area contributed by atoms with Gasteiger partial charge in [0.2, 0.25) is 11.8 Å². The van der Waals surface area contributed by atoms with Gasteiger partial charge in [-0.05, 0) is 50.4 Å². The Bertz CT molecular complexity index is 337. The van der Waals surface area contributed by atoms with Crippen molar-refractivity contribution in [2.75, 3.05) is 0 Å². The molecular formula is C12H18ClN2O2. The lowest BCUT2D eigenvalue weighted by Crippen LogP contribution is -2.60. The van der Waals surface area contributed by atoms with Gasteiger partial charge < -0.3 is 11.5 Å². The molecule has 1 radical (unpaired) electrons. The maximum Gasteiger partial charge on any atom is 0.223 e. The normalized spacial score (nSPS) is 46.4. The summed E-state index contributed by atoms with van der Waals surface area (Å²) in [6.45, 7) is 0. The van der Waals surface area contributed by atoms with Gasteiger partial charge in [-0.15, -0.1) is 12.4 Å². The van der Waals surface area contributed by atoms with Gasteiger partial charge in [-0.3, -0.25) is 9.59 Å². The van der Waals surface area contributed by atoms with Gasteiger partial charge in [-0.1, -0.05) is 0 Å². The van der Waals surface area contributed by atoms with E-state index in [9.17, 15) is 9.59 Å². The number of hydrogen-bond donors (Lipinski definition) is 2. The SMILES string of the molecule is Cl.NC(=O)C12[CH]C3CC(C1)CC(C(N)=O)(C3)C2. The fraction of sp³-hybridized carbons (Fsp3) is 0.750. The molecule has 4 unspecified atom stereocenters. The van der Waals surface area contributed by atoms with Crippen LogP contribution in [0.2, 0.25) is 0 Å². The minimum Gasteiger partial charge on any atom is -0.369 e. The fourth-order valence-electron chi connectivity index (χ4n) is 4.49. The molecule has 4 atom stereocenters. The van der Waals surface area contributed by atoms with Crippen molar-refractivity contribution >= 4 is 24.2 Å². The number of amides is 2. The van der Waals surface area contributed by atoms with Crippen molar-refractivity contribution in [2.45, 2.75) is 32.1 Å². The molecule has 0 aromatic heterocycles. The molecule has 0 aliphatic heterocycles. The lowest BCUT2D eigenvalue weighted by atomic mass is 9.44. The van der Waals surface area contributed by atoms with E-state index in [2.05, 4.69) is 6.42 Å². The van der Waals surface area contributed by atoms with Crippen molar-refractivity contribution in [3.63, 3.8) is 0 Å². The molecule has 0 heterocycles. The van der Waals surface area contributed by atoms with E-state index in [1.165, 1.54) is 0 Å². The maximum absolute atomic E-state index is 11.7. The molecule has 0 aromatic carbocycles. The Kier molecular flexibility index (Phi) is 2.69. The van der Waals surface area contributed by atoms with E-state index in [1.807, 2.05) is 0 Å². The van der Waals surface area contributed by atoms with Crippen LogP contribution >= 0.6 is 12.4 Å². The van der Waals surface area contributed by atoms with Crippen LogP contribution < -0.4 is 11.5 Å². The van der Waals surface area contributed by atoms with Crippen molar-refractivity contribution in [3.8, 4) is 0 Å². The van der Waals surface area contributed by atoms with Gasteiger partial charge in [0.05, 0.1) is 10.8 Å².